The van der Waals surface area contributed by atoms with Crippen LogP contribution in [-0.2, 0) is 20.7 Å². The predicted octanol–water partition coefficient (Wildman–Crippen LogP) is 2.69. The van der Waals surface area contributed by atoms with E-state index >= 15 is 0 Å². The molecular formula is C20H20N2O5. The van der Waals surface area contributed by atoms with Gasteiger partial charge in [-0.25, -0.2) is 0 Å². The standard InChI is InChI=1S/C20H20N2O5/c1-25-17-9-14(10-18(11-17)26-2)6-7-20(24)27-13-19(23)22-16-5-3-4-15(8-16)12-21/h3-5,8-11H,6-7,13H2,1-2H3,(H,22,23). The summed E-state index contributed by atoms with van der Waals surface area (Å²) in [6.07, 6.45) is 0.547. The molecule has 140 valence electrons. The number of methoxy groups -OCH3 is 2. The summed E-state index contributed by atoms with van der Waals surface area (Å²) < 4.78 is 15.4. The summed E-state index contributed by atoms with van der Waals surface area (Å²) in [7, 11) is 3.11. The third-order valence-corrected chi connectivity index (χ3v) is 3.67. The molecule has 0 bridgehead atoms. The highest BCUT2D eigenvalue weighted by Gasteiger charge is 2.10. The fourth-order valence-electron chi connectivity index (χ4n) is 2.34. The molecule has 0 radical (unpaired) electrons. The van der Waals surface area contributed by atoms with Crippen molar-refractivity contribution in [2.75, 3.05) is 26.1 Å². The van der Waals surface area contributed by atoms with Gasteiger partial charge in [0.2, 0.25) is 0 Å². The molecule has 27 heavy (non-hydrogen) atoms. The highest BCUT2D eigenvalue weighted by molar-refractivity contribution is 5.92. The lowest BCUT2D eigenvalue weighted by Gasteiger charge is -2.09. The van der Waals surface area contributed by atoms with Crippen LogP contribution in [0, 0.1) is 11.3 Å². The van der Waals surface area contributed by atoms with Gasteiger partial charge in [-0.1, -0.05) is 6.07 Å². The lowest BCUT2D eigenvalue weighted by atomic mass is 10.1. The quantitative estimate of drug-likeness (QED) is 0.720. The largest absolute Gasteiger partial charge is 0.497 e. The number of carbonyl (C=O) groups excluding carboxylic acids is 2. The Labute approximate surface area is 157 Å². The Balaban J connectivity index is 1.80. The van der Waals surface area contributed by atoms with Crippen LogP contribution in [0.4, 0.5) is 5.69 Å². The van der Waals surface area contributed by atoms with E-state index in [4.69, 9.17) is 19.5 Å². The molecule has 0 aliphatic rings. The number of anilines is 1. The number of hydrogen-bond acceptors (Lipinski definition) is 6. The third-order valence-electron chi connectivity index (χ3n) is 3.67. The van der Waals surface area contributed by atoms with Crippen molar-refractivity contribution in [3.8, 4) is 17.6 Å². The van der Waals surface area contributed by atoms with Crippen molar-refractivity contribution in [2.45, 2.75) is 12.8 Å². The van der Waals surface area contributed by atoms with Crippen LogP contribution >= 0.6 is 0 Å². The van der Waals surface area contributed by atoms with E-state index in [1.165, 1.54) is 6.07 Å². The highest BCUT2D eigenvalue weighted by atomic mass is 16.5. The topological polar surface area (TPSA) is 97.6 Å². The molecule has 0 atom stereocenters. The smallest absolute Gasteiger partial charge is 0.306 e. The molecule has 7 nitrogen and oxygen atoms in total. The summed E-state index contributed by atoms with van der Waals surface area (Å²) in [5.74, 6) is 0.313. The number of carbonyl (C=O) groups is 2. The van der Waals surface area contributed by atoms with E-state index in [-0.39, 0.29) is 6.42 Å². The van der Waals surface area contributed by atoms with E-state index in [9.17, 15) is 9.59 Å². The highest BCUT2D eigenvalue weighted by Crippen LogP contribution is 2.23. The zero-order valence-electron chi connectivity index (χ0n) is 15.2. The molecule has 0 fully saturated rings. The second-order valence-electron chi connectivity index (χ2n) is 5.62. The summed E-state index contributed by atoms with van der Waals surface area (Å²) in [6.45, 7) is -0.392. The van der Waals surface area contributed by atoms with Crippen molar-refractivity contribution >= 4 is 17.6 Å². The van der Waals surface area contributed by atoms with Gasteiger partial charge in [-0.3, -0.25) is 9.59 Å². The Morgan fingerprint density at radius 2 is 1.78 bits per heavy atom. The molecule has 2 aromatic rings. The predicted molar refractivity (Wildman–Crippen MR) is 98.6 cm³/mol. The molecule has 0 spiro atoms. The molecule has 0 unspecified atom stereocenters. The fourth-order valence-corrected chi connectivity index (χ4v) is 2.34. The lowest BCUT2D eigenvalue weighted by molar-refractivity contribution is -0.147. The fraction of sp³-hybridized carbons (Fsp3) is 0.250. The maximum absolute atomic E-state index is 11.9. The van der Waals surface area contributed by atoms with Crippen LogP contribution in [0.2, 0.25) is 0 Å². The summed E-state index contributed by atoms with van der Waals surface area (Å²) in [5, 5.41) is 11.4. The first kappa shape index (κ1) is 19.8. The first-order chi connectivity index (χ1) is 13.0. The van der Waals surface area contributed by atoms with Gasteiger partial charge in [-0.15, -0.1) is 0 Å². The van der Waals surface area contributed by atoms with Crippen molar-refractivity contribution in [3.63, 3.8) is 0 Å². The summed E-state index contributed by atoms with van der Waals surface area (Å²) in [5.41, 5.74) is 1.76. The minimum absolute atomic E-state index is 0.119. The SMILES string of the molecule is COc1cc(CCC(=O)OCC(=O)Nc2cccc(C#N)c2)cc(OC)c1. The van der Waals surface area contributed by atoms with E-state index in [0.29, 0.717) is 29.2 Å². The number of esters is 1. The Bertz CT molecular complexity index is 835. The van der Waals surface area contributed by atoms with Crippen LogP contribution in [0.25, 0.3) is 0 Å². The Hall–Kier alpha value is -3.53. The van der Waals surface area contributed by atoms with Gasteiger partial charge in [-0.2, -0.15) is 5.26 Å². The lowest BCUT2D eigenvalue weighted by Crippen LogP contribution is -2.21. The molecular weight excluding hydrogens is 348 g/mol. The normalized spacial score (nSPS) is 9.81. The first-order valence-corrected chi connectivity index (χ1v) is 8.21. The van der Waals surface area contributed by atoms with Gasteiger partial charge in [0.05, 0.1) is 25.9 Å². The number of amides is 1. The minimum Gasteiger partial charge on any atom is -0.497 e. The van der Waals surface area contributed by atoms with Gasteiger partial charge in [0.15, 0.2) is 6.61 Å². The van der Waals surface area contributed by atoms with E-state index in [0.717, 1.165) is 5.56 Å². The molecule has 7 heteroatoms. The molecule has 2 aromatic carbocycles. The zero-order chi connectivity index (χ0) is 19.6. The number of hydrogen-bond donors (Lipinski definition) is 1. The number of nitrogens with one attached hydrogen (secondary N) is 1. The van der Waals surface area contributed by atoms with Crippen molar-refractivity contribution in [2.24, 2.45) is 0 Å². The number of benzene rings is 2. The number of nitriles is 1. The maximum Gasteiger partial charge on any atom is 0.306 e. The maximum atomic E-state index is 11.9. The average Bonchev–Trinajstić information content (AvgIpc) is 2.70. The summed E-state index contributed by atoms with van der Waals surface area (Å²) in [4.78, 5) is 23.7. The second-order valence-corrected chi connectivity index (χ2v) is 5.62. The second kappa shape index (κ2) is 9.82. The summed E-state index contributed by atoms with van der Waals surface area (Å²) in [6, 6.07) is 13.8. The molecule has 1 amide bonds. The molecule has 2 rings (SSSR count). The molecule has 0 aromatic heterocycles. The van der Waals surface area contributed by atoms with Crippen molar-refractivity contribution < 1.29 is 23.8 Å². The Morgan fingerprint density at radius 3 is 2.41 bits per heavy atom. The van der Waals surface area contributed by atoms with E-state index in [2.05, 4.69) is 5.32 Å². The minimum atomic E-state index is -0.488. The molecule has 0 aliphatic heterocycles. The van der Waals surface area contributed by atoms with Crippen LogP contribution in [-0.4, -0.2) is 32.7 Å². The Morgan fingerprint density at radius 1 is 1.07 bits per heavy atom. The zero-order valence-corrected chi connectivity index (χ0v) is 15.2. The van der Waals surface area contributed by atoms with E-state index in [1.807, 2.05) is 18.2 Å². The van der Waals surface area contributed by atoms with E-state index < -0.39 is 18.5 Å². The number of rotatable bonds is 8. The van der Waals surface area contributed by atoms with Gasteiger partial charge in [0.25, 0.3) is 5.91 Å². The Kier molecular flexibility index (Phi) is 7.20. The number of ether oxygens (including phenoxy) is 3. The average molecular weight is 368 g/mol. The van der Waals surface area contributed by atoms with Gasteiger partial charge < -0.3 is 19.5 Å². The van der Waals surface area contributed by atoms with Crippen LogP contribution in [0.3, 0.4) is 0 Å². The molecule has 0 saturated heterocycles. The van der Waals surface area contributed by atoms with Gasteiger partial charge in [0.1, 0.15) is 11.5 Å². The van der Waals surface area contributed by atoms with Crippen LogP contribution in [0.5, 0.6) is 11.5 Å². The molecule has 0 saturated carbocycles. The number of aryl methyl sites for hydroxylation is 1. The van der Waals surface area contributed by atoms with Gasteiger partial charge in [0, 0.05) is 18.2 Å². The van der Waals surface area contributed by atoms with Crippen LogP contribution in [0.1, 0.15) is 17.5 Å². The van der Waals surface area contributed by atoms with Gasteiger partial charge in [-0.05, 0) is 42.3 Å². The first-order valence-electron chi connectivity index (χ1n) is 8.21. The van der Waals surface area contributed by atoms with Crippen molar-refractivity contribution in [1.82, 2.24) is 0 Å². The molecule has 1 N–H and O–H groups in total. The van der Waals surface area contributed by atoms with Crippen LogP contribution < -0.4 is 14.8 Å². The third kappa shape index (κ3) is 6.36. The van der Waals surface area contributed by atoms with E-state index in [1.54, 1.807) is 38.5 Å². The van der Waals surface area contributed by atoms with Gasteiger partial charge >= 0.3 is 5.97 Å². The monoisotopic (exact) mass is 368 g/mol. The van der Waals surface area contributed by atoms with Crippen molar-refractivity contribution in [1.29, 1.82) is 5.26 Å². The molecule has 0 heterocycles. The van der Waals surface area contributed by atoms with Crippen LogP contribution in [0.15, 0.2) is 42.5 Å². The van der Waals surface area contributed by atoms with Crippen molar-refractivity contribution in [3.05, 3.63) is 53.6 Å². The molecule has 0 aliphatic carbocycles. The number of nitrogens with zero attached hydrogens (tertiary/aromatic N) is 1. The summed E-state index contributed by atoms with van der Waals surface area (Å²) >= 11 is 0.